The number of carbonyl (C=O) groups excluding carboxylic acids is 1. The fourth-order valence-electron chi connectivity index (χ4n) is 2.15. The van der Waals surface area contributed by atoms with Crippen molar-refractivity contribution in [3.63, 3.8) is 0 Å². The summed E-state index contributed by atoms with van der Waals surface area (Å²) in [5.41, 5.74) is 1.39. The average Bonchev–Trinajstić information content (AvgIpc) is 2.52. The molecule has 3 N–H and O–H groups in total. The van der Waals surface area contributed by atoms with Crippen LogP contribution in [0.1, 0.15) is 18.1 Å². The maximum atomic E-state index is 13.6. The van der Waals surface area contributed by atoms with Gasteiger partial charge in [0, 0.05) is 25.3 Å². The lowest BCUT2D eigenvalue weighted by atomic mass is 10.1. The molecule has 2 amide bonds. The standard InChI is InChI=1S/C15H21FN2O4/c1-10(7-19)6-18-15(20)17-3-2-11-4-13(16)5-12-8-21-9-22-14(11)12/h4-5,10,19H,2-3,6-9H2,1H3,(H2,17,18,20)/t10-/m0/s1. The highest BCUT2D eigenvalue weighted by molar-refractivity contribution is 5.73. The predicted octanol–water partition coefficient (Wildman–Crippen LogP) is 1.16. The van der Waals surface area contributed by atoms with Crippen LogP contribution in [0.4, 0.5) is 9.18 Å². The zero-order valence-corrected chi connectivity index (χ0v) is 12.5. The molecule has 6 nitrogen and oxygen atoms in total. The first-order chi connectivity index (χ1) is 10.6. The van der Waals surface area contributed by atoms with Crippen LogP contribution in [-0.2, 0) is 17.8 Å². The van der Waals surface area contributed by atoms with E-state index in [2.05, 4.69) is 10.6 Å². The van der Waals surface area contributed by atoms with Crippen molar-refractivity contribution in [3.8, 4) is 5.75 Å². The molecule has 0 spiro atoms. The Morgan fingerprint density at radius 3 is 3.05 bits per heavy atom. The van der Waals surface area contributed by atoms with Gasteiger partial charge in [-0.05, 0) is 30.0 Å². The highest BCUT2D eigenvalue weighted by Gasteiger charge is 2.16. The number of rotatable bonds is 6. The quantitative estimate of drug-likeness (QED) is 0.736. The summed E-state index contributed by atoms with van der Waals surface area (Å²) in [6.45, 7) is 3.09. The number of ether oxygens (including phenoxy) is 2. The van der Waals surface area contributed by atoms with E-state index in [4.69, 9.17) is 14.6 Å². The van der Waals surface area contributed by atoms with Gasteiger partial charge in [-0.15, -0.1) is 0 Å². The van der Waals surface area contributed by atoms with E-state index in [0.717, 1.165) is 0 Å². The van der Waals surface area contributed by atoms with Crippen LogP contribution in [0.3, 0.4) is 0 Å². The van der Waals surface area contributed by atoms with E-state index < -0.39 is 0 Å². The fourth-order valence-corrected chi connectivity index (χ4v) is 2.15. The summed E-state index contributed by atoms with van der Waals surface area (Å²) in [6, 6.07) is 2.50. The average molecular weight is 312 g/mol. The van der Waals surface area contributed by atoms with Crippen LogP contribution >= 0.6 is 0 Å². The van der Waals surface area contributed by atoms with Crippen molar-refractivity contribution in [3.05, 3.63) is 29.1 Å². The SMILES string of the molecule is C[C@H](CO)CNC(=O)NCCc1cc(F)cc2c1OCOC2. The van der Waals surface area contributed by atoms with Gasteiger partial charge in [0.25, 0.3) is 0 Å². The van der Waals surface area contributed by atoms with Gasteiger partial charge in [0.1, 0.15) is 11.6 Å². The van der Waals surface area contributed by atoms with Crippen molar-refractivity contribution in [2.75, 3.05) is 26.5 Å². The third-order valence-corrected chi connectivity index (χ3v) is 3.35. The molecule has 0 aliphatic carbocycles. The van der Waals surface area contributed by atoms with E-state index >= 15 is 0 Å². The van der Waals surface area contributed by atoms with Gasteiger partial charge < -0.3 is 25.2 Å². The van der Waals surface area contributed by atoms with E-state index in [-0.39, 0.29) is 31.2 Å². The van der Waals surface area contributed by atoms with Gasteiger partial charge in [-0.2, -0.15) is 0 Å². The van der Waals surface area contributed by atoms with Gasteiger partial charge in [-0.3, -0.25) is 0 Å². The summed E-state index contributed by atoms with van der Waals surface area (Å²) in [5.74, 6) is 0.308. The van der Waals surface area contributed by atoms with Gasteiger partial charge in [0.15, 0.2) is 6.79 Å². The van der Waals surface area contributed by atoms with Crippen molar-refractivity contribution < 1.29 is 23.8 Å². The summed E-state index contributed by atoms with van der Waals surface area (Å²) in [7, 11) is 0. The highest BCUT2D eigenvalue weighted by atomic mass is 19.1. The number of nitrogens with one attached hydrogen (secondary N) is 2. The lowest BCUT2D eigenvalue weighted by molar-refractivity contribution is -0.0172. The minimum atomic E-state index is -0.343. The molecule has 1 aromatic carbocycles. The second-order valence-corrected chi connectivity index (χ2v) is 5.34. The number of benzene rings is 1. The minimum absolute atomic E-state index is 0.00869. The van der Waals surface area contributed by atoms with Crippen LogP contribution in [0, 0.1) is 11.7 Å². The number of aliphatic hydroxyl groups is 1. The fraction of sp³-hybridized carbons (Fsp3) is 0.533. The smallest absolute Gasteiger partial charge is 0.314 e. The van der Waals surface area contributed by atoms with Crippen LogP contribution < -0.4 is 15.4 Å². The zero-order valence-electron chi connectivity index (χ0n) is 12.5. The number of halogens is 1. The molecule has 1 heterocycles. The lowest BCUT2D eigenvalue weighted by Gasteiger charge is -2.21. The van der Waals surface area contributed by atoms with Gasteiger partial charge in [-0.25, -0.2) is 9.18 Å². The molecule has 1 atom stereocenters. The number of hydrogen-bond donors (Lipinski definition) is 3. The Morgan fingerprint density at radius 2 is 2.27 bits per heavy atom. The molecule has 1 aromatic rings. The summed E-state index contributed by atoms with van der Waals surface area (Å²) in [6.07, 6.45) is 0.461. The molecule has 0 bridgehead atoms. The van der Waals surface area contributed by atoms with E-state index in [1.165, 1.54) is 12.1 Å². The van der Waals surface area contributed by atoms with Crippen LogP contribution in [0.15, 0.2) is 12.1 Å². The van der Waals surface area contributed by atoms with Crippen LogP contribution in [-0.4, -0.2) is 37.6 Å². The molecule has 1 aliphatic heterocycles. The van der Waals surface area contributed by atoms with Gasteiger partial charge in [0.2, 0.25) is 0 Å². The molecule has 0 radical (unpaired) electrons. The molecule has 7 heteroatoms. The minimum Gasteiger partial charge on any atom is -0.467 e. The molecule has 0 unspecified atom stereocenters. The largest absolute Gasteiger partial charge is 0.467 e. The van der Waals surface area contributed by atoms with E-state index in [9.17, 15) is 9.18 Å². The molecule has 0 saturated heterocycles. The van der Waals surface area contributed by atoms with Crippen molar-refractivity contribution in [1.29, 1.82) is 0 Å². The Balaban J connectivity index is 1.84. The number of amides is 2. The van der Waals surface area contributed by atoms with Crippen molar-refractivity contribution in [2.24, 2.45) is 5.92 Å². The zero-order chi connectivity index (χ0) is 15.9. The number of fused-ring (bicyclic) bond motifs is 1. The molecular weight excluding hydrogens is 291 g/mol. The maximum absolute atomic E-state index is 13.6. The molecular formula is C15H21FN2O4. The monoisotopic (exact) mass is 312 g/mol. The number of carbonyl (C=O) groups is 1. The first-order valence-electron chi connectivity index (χ1n) is 7.24. The third-order valence-electron chi connectivity index (χ3n) is 3.35. The molecule has 122 valence electrons. The van der Waals surface area contributed by atoms with Gasteiger partial charge >= 0.3 is 6.03 Å². The summed E-state index contributed by atoms with van der Waals surface area (Å²) in [4.78, 5) is 11.6. The maximum Gasteiger partial charge on any atom is 0.314 e. The Hall–Kier alpha value is -1.86. The topological polar surface area (TPSA) is 79.8 Å². The normalized spacial score (nSPS) is 14.7. The Labute approximate surface area is 128 Å². The number of hydrogen-bond acceptors (Lipinski definition) is 4. The van der Waals surface area contributed by atoms with Gasteiger partial charge in [-0.1, -0.05) is 6.92 Å². The van der Waals surface area contributed by atoms with Crippen molar-refractivity contribution in [1.82, 2.24) is 10.6 Å². The van der Waals surface area contributed by atoms with Crippen LogP contribution in [0.2, 0.25) is 0 Å². The summed E-state index contributed by atoms with van der Waals surface area (Å²) < 4.78 is 24.1. The van der Waals surface area contributed by atoms with Crippen molar-refractivity contribution >= 4 is 6.03 Å². The first-order valence-corrected chi connectivity index (χ1v) is 7.24. The second kappa shape index (κ2) is 7.95. The Bertz CT molecular complexity index is 525. The van der Waals surface area contributed by atoms with Crippen LogP contribution in [0.5, 0.6) is 5.75 Å². The Kier molecular flexibility index (Phi) is 5.97. The molecule has 0 saturated carbocycles. The molecule has 22 heavy (non-hydrogen) atoms. The molecule has 1 aliphatic rings. The summed E-state index contributed by atoms with van der Waals surface area (Å²) in [5, 5.41) is 14.2. The second-order valence-electron chi connectivity index (χ2n) is 5.34. The third kappa shape index (κ3) is 4.57. The van der Waals surface area contributed by atoms with E-state index in [1.807, 2.05) is 6.92 Å². The highest BCUT2D eigenvalue weighted by Crippen LogP contribution is 2.29. The molecule has 0 fully saturated rings. The van der Waals surface area contributed by atoms with Crippen LogP contribution in [0.25, 0.3) is 0 Å². The number of urea groups is 1. The first kappa shape index (κ1) is 16.5. The lowest BCUT2D eigenvalue weighted by Crippen LogP contribution is -2.39. The van der Waals surface area contributed by atoms with Crippen molar-refractivity contribution in [2.45, 2.75) is 20.0 Å². The molecule has 0 aromatic heterocycles. The Morgan fingerprint density at radius 1 is 1.45 bits per heavy atom. The molecule has 2 rings (SSSR count). The van der Waals surface area contributed by atoms with Gasteiger partial charge in [0.05, 0.1) is 6.61 Å². The predicted molar refractivity (Wildman–Crippen MR) is 78.0 cm³/mol. The number of aliphatic hydroxyl groups excluding tert-OH is 1. The van der Waals surface area contributed by atoms with E-state index in [0.29, 0.717) is 43.0 Å². The summed E-state index contributed by atoms with van der Waals surface area (Å²) >= 11 is 0. The van der Waals surface area contributed by atoms with E-state index in [1.54, 1.807) is 0 Å².